The van der Waals surface area contributed by atoms with Gasteiger partial charge in [-0.25, -0.2) is 8.78 Å². The molecule has 0 aromatic heterocycles. The first-order valence-electron chi connectivity index (χ1n) is 7.10. The zero-order chi connectivity index (χ0) is 16.7. The van der Waals surface area contributed by atoms with E-state index in [9.17, 15) is 13.6 Å². The van der Waals surface area contributed by atoms with Gasteiger partial charge in [-0.15, -0.1) is 6.58 Å². The number of halogens is 2. The molecular formula is C18H17F2NO2. The normalized spacial score (nSPS) is 10.2. The summed E-state index contributed by atoms with van der Waals surface area (Å²) < 4.78 is 31.5. The molecular weight excluding hydrogens is 300 g/mol. The van der Waals surface area contributed by atoms with Gasteiger partial charge in [-0.1, -0.05) is 36.4 Å². The number of carbonyl (C=O) groups is 1. The Balaban J connectivity index is 1.99. The lowest BCUT2D eigenvalue weighted by Crippen LogP contribution is -2.34. The van der Waals surface area contributed by atoms with Crippen LogP contribution in [0.15, 0.2) is 61.2 Å². The molecule has 0 spiro atoms. The fourth-order valence-electron chi connectivity index (χ4n) is 2.04. The van der Waals surface area contributed by atoms with Crippen LogP contribution in [0.25, 0.3) is 0 Å². The number of nitrogens with zero attached hydrogens (tertiary/aromatic N) is 1. The van der Waals surface area contributed by atoms with E-state index in [1.54, 1.807) is 11.0 Å². The summed E-state index contributed by atoms with van der Waals surface area (Å²) in [6.07, 6.45) is 1.61. The maximum atomic E-state index is 13.5. The van der Waals surface area contributed by atoms with Crippen molar-refractivity contribution in [1.82, 2.24) is 4.90 Å². The Bertz CT molecular complexity index is 674. The lowest BCUT2D eigenvalue weighted by molar-refractivity contribution is -0.133. The Morgan fingerprint density at radius 2 is 1.91 bits per heavy atom. The van der Waals surface area contributed by atoms with Crippen molar-refractivity contribution in [3.8, 4) is 5.75 Å². The lowest BCUT2D eigenvalue weighted by atomic mass is 10.2. The van der Waals surface area contributed by atoms with Gasteiger partial charge in [0.05, 0.1) is 0 Å². The Hall–Kier alpha value is -2.69. The van der Waals surface area contributed by atoms with Gasteiger partial charge in [0.25, 0.3) is 5.91 Å². The molecule has 0 aliphatic rings. The maximum absolute atomic E-state index is 13.5. The first-order valence-corrected chi connectivity index (χ1v) is 7.10. The van der Waals surface area contributed by atoms with E-state index in [4.69, 9.17) is 4.74 Å². The number of rotatable bonds is 7. The van der Waals surface area contributed by atoms with Crippen molar-refractivity contribution in [2.45, 2.75) is 6.54 Å². The van der Waals surface area contributed by atoms with E-state index in [-0.39, 0.29) is 18.3 Å². The number of carbonyl (C=O) groups excluding carboxylic acids is 1. The van der Waals surface area contributed by atoms with E-state index in [1.807, 2.05) is 30.3 Å². The summed E-state index contributed by atoms with van der Waals surface area (Å²) in [5.74, 6) is -2.00. The van der Waals surface area contributed by atoms with E-state index in [2.05, 4.69) is 6.58 Å². The van der Waals surface area contributed by atoms with Crippen molar-refractivity contribution in [3.05, 3.63) is 78.4 Å². The number of hydrogen-bond acceptors (Lipinski definition) is 2. The monoisotopic (exact) mass is 317 g/mol. The van der Waals surface area contributed by atoms with E-state index in [1.165, 1.54) is 0 Å². The topological polar surface area (TPSA) is 29.5 Å². The van der Waals surface area contributed by atoms with Gasteiger partial charge >= 0.3 is 0 Å². The molecule has 0 radical (unpaired) electrons. The van der Waals surface area contributed by atoms with Crippen LogP contribution in [0.5, 0.6) is 5.75 Å². The van der Waals surface area contributed by atoms with Crippen molar-refractivity contribution in [2.24, 2.45) is 0 Å². The summed E-state index contributed by atoms with van der Waals surface area (Å²) >= 11 is 0. The van der Waals surface area contributed by atoms with Gasteiger partial charge in [-0.05, 0) is 17.7 Å². The van der Waals surface area contributed by atoms with E-state index in [0.717, 1.165) is 17.7 Å². The second-order valence-electron chi connectivity index (χ2n) is 4.91. The van der Waals surface area contributed by atoms with Gasteiger partial charge in [0, 0.05) is 19.2 Å². The molecule has 0 aliphatic carbocycles. The molecule has 5 heteroatoms. The molecule has 23 heavy (non-hydrogen) atoms. The number of ether oxygens (including phenoxy) is 1. The SMILES string of the molecule is C=CCN(Cc1ccccc1)C(=O)COc1ccc(F)cc1F. The second kappa shape index (κ2) is 8.08. The van der Waals surface area contributed by atoms with Crippen molar-refractivity contribution in [2.75, 3.05) is 13.2 Å². The highest BCUT2D eigenvalue weighted by Gasteiger charge is 2.15. The highest BCUT2D eigenvalue weighted by atomic mass is 19.1. The summed E-state index contributed by atoms with van der Waals surface area (Å²) in [4.78, 5) is 13.8. The summed E-state index contributed by atoms with van der Waals surface area (Å²) in [5.41, 5.74) is 0.968. The minimum atomic E-state index is -0.837. The van der Waals surface area contributed by atoms with Crippen LogP contribution in [-0.2, 0) is 11.3 Å². The summed E-state index contributed by atoms with van der Waals surface area (Å²) in [6, 6.07) is 12.4. The van der Waals surface area contributed by atoms with Crippen LogP contribution < -0.4 is 4.74 Å². The zero-order valence-corrected chi connectivity index (χ0v) is 12.5. The molecule has 0 unspecified atom stereocenters. The first kappa shape index (κ1) is 16.7. The molecule has 2 aromatic carbocycles. The summed E-state index contributed by atoms with van der Waals surface area (Å²) in [6.45, 7) is 4.05. The Morgan fingerprint density at radius 1 is 1.17 bits per heavy atom. The molecule has 3 nitrogen and oxygen atoms in total. The van der Waals surface area contributed by atoms with Gasteiger partial charge in [0.15, 0.2) is 18.2 Å². The number of benzene rings is 2. The Morgan fingerprint density at radius 3 is 2.57 bits per heavy atom. The van der Waals surface area contributed by atoms with Crippen molar-refractivity contribution in [3.63, 3.8) is 0 Å². The highest BCUT2D eigenvalue weighted by molar-refractivity contribution is 5.78. The van der Waals surface area contributed by atoms with Crippen LogP contribution >= 0.6 is 0 Å². The molecule has 2 aromatic rings. The van der Waals surface area contributed by atoms with E-state index in [0.29, 0.717) is 19.2 Å². The summed E-state index contributed by atoms with van der Waals surface area (Å²) in [7, 11) is 0. The van der Waals surface area contributed by atoms with Gasteiger partial charge in [0.2, 0.25) is 0 Å². The molecule has 0 saturated heterocycles. The average Bonchev–Trinajstić information content (AvgIpc) is 2.54. The van der Waals surface area contributed by atoms with Gasteiger partial charge in [-0.3, -0.25) is 4.79 Å². The molecule has 0 atom stereocenters. The molecule has 0 saturated carbocycles. The molecule has 2 rings (SSSR count). The smallest absolute Gasteiger partial charge is 0.261 e. The molecule has 0 fully saturated rings. The number of amides is 1. The van der Waals surface area contributed by atoms with Crippen LogP contribution in [0.3, 0.4) is 0 Å². The Labute approximate surface area is 133 Å². The standard InChI is InChI=1S/C18H17F2NO2/c1-2-10-21(12-14-6-4-3-5-7-14)18(22)13-23-17-9-8-15(19)11-16(17)20/h2-9,11H,1,10,12-13H2. The fourth-order valence-corrected chi connectivity index (χ4v) is 2.04. The van der Waals surface area contributed by atoms with E-state index >= 15 is 0 Å². The number of hydrogen-bond donors (Lipinski definition) is 0. The Kier molecular flexibility index (Phi) is 5.86. The van der Waals surface area contributed by atoms with Crippen molar-refractivity contribution >= 4 is 5.91 Å². The van der Waals surface area contributed by atoms with Crippen LogP contribution in [0.4, 0.5) is 8.78 Å². The minimum Gasteiger partial charge on any atom is -0.481 e. The maximum Gasteiger partial charge on any atom is 0.261 e. The molecule has 1 amide bonds. The third-order valence-corrected chi connectivity index (χ3v) is 3.16. The predicted molar refractivity (Wildman–Crippen MR) is 83.9 cm³/mol. The first-order chi connectivity index (χ1) is 11.1. The van der Waals surface area contributed by atoms with Crippen LogP contribution in [0.1, 0.15) is 5.56 Å². The van der Waals surface area contributed by atoms with Gasteiger partial charge in [-0.2, -0.15) is 0 Å². The fraction of sp³-hybridized carbons (Fsp3) is 0.167. The van der Waals surface area contributed by atoms with Crippen molar-refractivity contribution in [1.29, 1.82) is 0 Å². The van der Waals surface area contributed by atoms with Crippen LogP contribution in [0.2, 0.25) is 0 Å². The van der Waals surface area contributed by atoms with Crippen LogP contribution in [0, 0.1) is 11.6 Å². The zero-order valence-electron chi connectivity index (χ0n) is 12.5. The van der Waals surface area contributed by atoms with E-state index < -0.39 is 11.6 Å². The van der Waals surface area contributed by atoms with Crippen LogP contribution in [-0.4, -0.2) is 24.0 Å². The molecule has 0 N–H and O–H groups in total. The van der Waals surface area contributed by atoms with Crippen molar-refractivity contribution < 1.29 is 18.3 Å². The van der Waals surface area contributed by atoms with Gasteiger partial charge < -0.3 is 9.64 Å². The third kappa shape index (κ3) is 4.92. The molecule has 0 bridgehead atoms. The quantitative estimate of drug-likeness (QED) is 0.731. The average molecular weight is 317 g/mol. The minimum absolute atomic E-state index is 0.155. The lowest BCUT2D eigenvalue weighted by Gasteiger charge is -2.21. The predicted octanol–water partition coefficient (Wildman–Crippen LogP) is 3.56. The third-order valence-electron chi connectivity index (χ3n) is 3.16. The highest BCUT2D eigenvalue weighted by Crippen LogP contribution is 2.17. The van der Waals surface area contributed by atoms with Gasteiger partial charge in [0.1, 0.15) is 5.82 Å². The molecule has 0 heterocycles. The molecule has 120 valence electrons. The summed E-state index contributed by atoms with van der Waals surface area (Å²) in [5, 5.41) is 0. The second-order valence-corrected chi connectivity index (χ2v) is 4.91. The molecule has 0 aliphatic heterocycles. The largest absolute Gasteiger partial charge is 0.481 e.